The van der Waals surface area contributed by atoms with E-state index in [0.29, 0.717) is 24.3 Å². The molecule has 0 aromatic rings. The molecule has 0 amide bonds. The van der Waals surface area contributed by atoms with Gasteiger partial charge in [-0.15, -0.1) is 0 Å². The van der Waals surface area contributed by atoms with Gasteiger partial charge in [0.25, 0.3) is 0 Å². The van der Waals surface area contributed by atoms with E-state index in [4.69, 9.17) is 4.74 Å². The second-order valence-corrected chi connectivity index (χ2v) is 9.63. The highest BCUT2D eigenvalue weighted by Gasteiger charge is 2.49. The van der Waals surface area contributed by atoms with Crippen molar-refractivity contribution in [3.05, 3.63) is 0 Å². The van der Waals surface area contributed by atoms with Crippen LogP contribution in [0.5, 0.6) is 0 Å². The number of hydrogen-bond acceptors (Lipinski definition) is 4. The second-order valence-electron chi connectivity index (χ2n) is 7.54. The molecule has 4 aliphatic heterocycles. The molecule has 0 unspecified atom stereocenters. The minimum absolute atomic E-state index is 0.172. The number of piperidine rings is 1. The van der Waals surface area contributed by atoms with Crippen LogP contribution in [0.1, 0.15) is 38.5 Å². The normalized spacial score (nSPS) is 40.0. The van der Waals surface area contributed by atoms with Crippen molar-refractivity contribution in [1.29, 1.82) is 0 Å². The Balaban J connectivity index is 1.36. The molecule has 0 aromatic heterocycles. The summed E-state index contributed by atoms with van der Waals surface area (Å²) in [6.07, 6.45) is 6.85. The molecular weight excluding hydrogens is 300 g/mol. The van der Waals surface area contributed by atoms with Crippen LogP contribution in [-0.2, 0) is 14.8 Å². The molecule has 4 fully saturated rings. The van der Waals surface area contributed by atoms with Gasteiger partial charge in [-0.2, -0.15) is 0 Å². The summed E-state index contributed by atoms with van der Waals surface area (Å²) >= 11 is 0. The van der Waals surface area contributed by atoms with E-state index >= 15 is 0 Å². The zero-order valence-corrected chi connectivity index (χ0v) is 14.1. The van der Waals surface area contributed by atoms with E-state index in [-0.39, 0.29) is 11.9 Å². The molecule has 0 saturated carbocycles. The summed E-state index contributed by atoms with van der Waals surface area (Å²) in [4.78, 5) is 2.62. The first-order valence-corrected chi connectivity index (χ1v) is 10.6. The van der Waals surface area contributed by atoms with Crippen molar-refractivity contribution in [2.45, 2.75) is 50.7 Å². The molecule has 0 aromatic carbocycles. The largest absolute Gasteiger partial charge is 0.378 e. The lowest BCUT2D eigenvalue weighted by molar-refractivity contribution is 0.108. The van der Waals surface area contributed by atoms with Gasteiger partial charge in [0, 0.05) is 32.3 Å². The van der Waals surface area contributed by atoms with Gasteiger partial charge in [0.1, 0.15) is 0 Å². The Morgan fingerprint density at radius 1 is 1.05 bits per heavy atom. The SMILES string of the molecule is O=S(=O)(CC[C@@H]1CCCO1)N1C[C@@H]2CN3CCCC[C@H]3[C@@H]2C1. The standard InChI is InChI=1S/C16H28N2O3S/c19-22(20,9-6-14-4-3-8-21-14)18-11-13-10-17-7-2-1-5-16(17)15(13)12-18/h13-16H,1-12H2/t13-,14-,15+,16-/m0/s1. The van der Waals surface area contributed by atoms with Crippen molar-refractivity contribution >= 4 is 10.0 Å². The van der Waals surface area contributed by atoms with E-state index in [1.165, 1.54) is 25.8 Å². The molecule has 0 spiro atoms. The molecule has 126 valence electrons. The first-order valence-electron chi connectivity index (χ1n) is 8.97. The van der Waals surface area contributed by atoms with Crippen molar-refractivity contribution < 1.29 is 13.2 Å². The lowest BCUT2D eigenvalue weighted by Gasteiger charge is -2.33. The molecule has 6 heteroatoms. The van der Waals surface area contributed by atoms with Crippen LogP contribution in [0, 0.1) is 11.8 Å². The van der Waals surface area contributed by atoms with Crippen LogP contribution in [-0.4, -0.2) is 68.3 Å². The van der Waals surface area contributed by atoms with Gasteiger partial charge in [-0.25, -0.2) is 12.7 Å². The summed E-state index contributed by atoms with van der Waals surface area (Å²) in [6.45, 7) is 4.66. The van der Waals surface area contributed by atoms with E-state index in [1.54, 1.807) is 4.31 Å². The summed E-state index contributed by atoms with van der Waals surface area (Å²) in [6, 6.07) is 0.650. The average Bonchev–Trinajstić information content (AvgIpc) is 3.21. The molecule has 5 nitrogen and oxygen atoms in total. The average molecular weight is 328 g/mol. The highest BCUT2D eigenvalue weighted by molar-refractivity contribution is 7.89. The molecule has 0 bridgehead atoms. The van der Waals surface area contributed by atoms with E-state index in [2.05, 4.69) is 4.90 Å². The lowest BCUT2D eigenvalue weighted by atomic mass is 9.90. The molecule has 22 heavy (non-hydrogen) atoms. The van der Waals surface area contributed by atoms with Crippen molar-refractivity contribution in [2.75, 3.05) is 38.5 Å². The molecule has 4 heterocycles. The first-order chi connectivity index (χ1) is 10.6. The highest BCUT2D eigenvalue weighted by atomic mass is 32.2. The summed E-state index contributed by atoms with van der Waals surface area (Å²) in [5.41, 5.74) is 0. The zero-order chi connectivity index (χ0) is 15.2. The third-order valence-electron chi connectivity index (χ3n) is 6.20. The zero-order valence-electron chi connectivity index (χ0n) is 13.3. The summed E-state index contributed by atoms with van der Waals surface area (Å²) in [7, 11) is -3.09. The van der Waals surface area contributed by atoms with Crippen LogP contribution >= 0.6 is 0 Å². The summed E-state index contributed by atoms with van der Waals surface area (Å²) in [5, 5.41) is 0. The first kappa shape index (κ1) is 15.4. The Kier molecular flexibility index (Phi) is 4.22. The Hall–Kier alpha value is -0.170. The second kappa shape index (κ2) is 6.04. The molecule has 0 aliphatic carbocycles. The quantitative estimate of drug-likeness (QED) is 0.781. The molecule has 4 aliphatic rings. The Morgan fingerprint density at radius 3 is 2.77 bits per heavy atom. The van der Waals surface area contributed by atoms with Crippen LogP contribution in [0.3, 0.4) is 0 Å². The number of rotatable bonds is 4. The predicted octanol–water partition coefficient (Wildman–Crippen LogP) is 1.30. The smallest absolute Gasteiger partial charge is 0.214 e. The molecule has 4 atom stereocenters. The monoisotopic (exact) mass is 328 g/mol. The Bertz CT molecular complexity index is 504. The number of sulfonamides is 1. The van der Waals surface area contributed by atoms with E-state index in [9.17, 15) is 8.42 Å². The number of ether oxygens (including phenoxy) is 1. The molecular formula is C16H28N2O3S. The minimum atomic E-state index is -3.09. The maximum atomic E-state index is 12.6. The number of hydrogen-bond donors (Lipinski definition) is 0. The molecule has 0 N–H and O–H groups in total. The van der Waals surface area contributed by atoms with Gasteiger partial charge in [0.15, 0.2) is 0 Å². The molecule has 4 rings (SSSR count). The van der Waals surface area contributed by atoms with Gasteiger partial charge < -0.3 is 4.74 Å². The summed E-state index contributed by atoms with van der Waals surface area (Å²) in [5.74, 6) is 1.42. The van der Waals surface area contributed by atoms with Gasteiger partial charge in [0.2, 0.25) is 10.0 Å². The number of nitrogens with zero attached hydrogens (tertiary/aromatic N) is 2. The maximum absolute atomic E-state index is 12.6. The Morgan fingerprint density at radius 2 is 1.95 bits per heavy atom. The fourth-order valence-electron chi connectivity index (χ4n) is 5.02. The van der Waals surface area contributed by atoms with Crippen LogP contribution in [0.15, 0.2) is 0 Å². The van der Waals surface area contributed by atoms with Crippen molar-refractivity contribution in [2.24, 2.45) is 11.8 Å². The van der Waals surface area contributed by atoms with Crippen LogP contribution in [0.2, 0.25) is 0 Å². The third-order valence-corrected chi connectivity index (χ3v) is 8.04. The number of fused-ring (bicyclic) bond motifs is 3. The van der Waals surface area contributed by atoms with E-state index in [1.807, 2.05) is 0 Å². The van der Waals surface area contributed by atoms with Gasteiger partial charge in [-0.3, -0.25) is 4.90 Å². The minimum Gasteiger partial charge on any atom is -0.378 e. The Labute approximate surface area is 134 Å². The van der Waals surface area contributed by atoms with Gasteiger partial charge >= 0.3 is 0 Å². The van der Waals surface area contributed by atoms with E-state index in [0.717, 1.165) is 39.1 Å². The maximum Gasteiger partial charge on any atom is 0.214 e. The fourth-order valence-corrected chi connectivity index (χ4v) is 6.66. The molecule has 4 saturated heterocycles. The van der Waals surface area contributed by atoms with Crippen LogP contribution < -0.4 is 0 Å². The fraction of sp³-hybridized carbons (Fsp3) is 1.00. The molecule has 0 radical (unpaired) electrons. The van der Waals surface area contributed by atoms with Crippen molar-refractivity contribution in [3.8, 4) is 0 Å². The van der Waals surface area contributed by atoms with Crippen molar-refractivity contribution in [1.82, 2.24) is 9.21 Å². The van der Waals surface area contributed by atoms with Gasteiger partial charge in [-0.05, 0) is 50.5 Å². The topological polar surface area (TPSA) is 49.9 Å². The highest BCUT2D eigenvalue weighted by Crippen LogP contribution is 2.41. The van der Waals surface area contributed by atoms with Gasteiger partial charge in [0.05, 0.1) is 11.9 Å². The van der Waals surface area contributed by atoms with Crippen LogP contribution in [0.25, 0.3) is 0 Å². The summed E-state index contributed by atoms with van der Waals surface area (Å²) < 4.78 is 32.6. The lowest BCUT2D eigenvalue weighted by Crippen LogP contribution is -2.41. The van der Waals surface area contributed by atoms with Crippen molar-refractivity contribution in [3.63, 3.8) is 0 Å². The third kappa shape index (κ3) is 2.83. The van der Waals surface area contributed by atoms with Gasteiger partial charge in [-0.1, -0.05) is 6.42 Å². The predicted molar refractivity (Wildman–Crippen MR) is 85.1 cm³/mol. The van der Waals surface area contributed by atoms with Crippen LogP contribution in [0.4, 0.5) is 0 Å². The van der Waals surface area contributed by atoms with E-state index < -0.39 is 10.0 Å².